The van der Waals surface area contributed by atoms with E-state index in [0.717, 1.165) is 19.3 Å². The summed E-state index contributed by atoms with van der Waals surface area (Å²) in [5.74, 6) is -0.0772. The van der Waals surface area contributed by atoms with E-state index < -0.39 is 6.10 Å². The SMILES string of the molecule is CCCCC/C(F)=C/C(O)C(C)C. The van der Waals surface area contributed by atoms with Crippen LogP contribution in [0.3, 0.4) is 0 Å². The van der Waals surface area contributed by atoms with Crippen LogP contribution in [0.15, 0.2) is 11.9 Å². The van der Waals surface area contributed by atoms with Gasteiger partial charge in [-0.25, -0.2) is 4.39 Å². The molecule has 2 heteroatoms. The van der Waals surface area contributed by atoms with Crippen LogP contribution in [0, 0.1) is 5.92 Å². The fraction of sp³-hybridized carbons (Fsp3) is 0.818. The molecule has 0 aromatic rings. The number of rotatable bonds is 6. The molecule has 0 saturated heterocycles. The highest BCUT2D eigenvalue weighted by Gasteiger charge is 2.07. The smallest absolute Gasteiger partial charge is 0.0985 e. The van der Waals surface area contributed by atoms with Gasteiger partial charge in [-0.3, -0.25) is 0 Å². The van der Waals surface area contributed by atoms with E-state index in [-0.39, 0.29) is 11.7 Å². The molecule has 0 fully saturated rings. The predicted octanol–water partition coefficient (Wildman–Crippen LogP) is 3.44. The zero-order valence-electron chi connectivity index (χ0n) is 8.89. The summed E-state index contributed by atoms with van der Waals surface area (Å²) in [4.78, 5) is 0. The van der Waals surface area contributed by atoms with Crippen LogP contribution in [0.25, 0.3) is 0 Å². The van der Waals surface area contributed by atoms with E-state index in [1.807, 2.05) is 13.8 Å². The highest BCUT2D eigenvalue weighted by Crippen LogP contribution is 2.13. The molecule has 0 radical (unpaired) electrons. The largest absolute Gasteiger partial charge is 0.389 e. The van der Waals surface area contributed by atoms with Crippen LogP contribution in [0.2, 0.25) is 0 Å². The van der Waals surface area contributed by atoms with Crippen LogP contribution >= 0.6 is 0 Å². The van der Waals surface area contributed by atoms with E-state index in [2.05, 4.69) is 6.92 Å². The molecule has 1 unspecified atom stereocenters. The molecule has 13 heavy (non-hydrogen) atoms. The van der Waals surface area contributed by atoms with Crippen molar-refractivity contribution >= 4 is 0 Å². The third-order valence-electron chi connectivity index (χ3n) is 2.05. The van der Waals surface area contributed by atoms with Gasteiger partial charge in [0, 0.05) is 0 Å². The standard InChI is InChI=1S/C11H21FO/c1-4-5-6-7-10(12)8-11(13)9(2)3/h8-9,11,13H,4-7H2,1-3H3/b10-8-. The maximum Gasteiger partial charge on any atom is 0.0985 e. The molecule has 0 aromatic heterocycles. The third-order valence-corrected chi connectivity index (χ3v) is 2.05. The van der Waals surface area contributed by atoms with Crippen molar-refractivity contribution in [3.05, 3.63) is 11.9 Å². The minimum Gasteiger partial charge on any atom is -0.389 e. The van der Waals surface area contributed by atoms with Crippen molar-refractivity contribution in [2.24, 2.45) is 5.92 Å². The van der Waals surface area contributed by atoms with Crippen LogP contribution < -0.4 is 0 Å². The molecule has 0 aromatic carbocycles. The number of aliphatic hydroxyl groups is 1. The van der Waals surface area contributed by atoms with Crippen molar-refractivity contribution in [1.82, 2.24) is 0 Å². The molecule has 0 aliphatic heterocycles. The van der Waals surface area contributed by atoms with E-state index in [0.29, 0.717) is 6.42 Å². The first-order chi connectivity index (χ1) is 6.07. The molecular weight excluding hydrogens is 167 g/mol. The zero-order chi connectivity index (χ0) is 10.3. The van der Waals surface area contributed by atoms with E-state index >= 15 is 0 Å². The first-order valence-electron chi connectivity index (χ1n) is 5.12. The highest BCUT2D eigenvalue weighted by atomic mass is 19.1. The number of hydrogen-bond donors (Lipinski definition) is 1. The van der Waals surface area contributed by atoms with Crippen molar-refractivity contribution in [2.75, 3.05) is 0 Å². The van der Waals surface area contributed by atoms with Gasteiger partial charge in [-0.15, -0.1) is 0 Å². The number of halogens is 1. The summed E-state index contributed by atoms with van der Waals surface area (Å²) >= 11 is 0. The van der Waals surface area contributed by atoms with Gasteiger partial charge in [0.1, 0.15) is 0 Å². The first-order valence-corrected chi connectivity index (χ1v) is 5.12. The zero-order valence-corrected chi connectivity index (χ0v) is 8.89. The van der Waals surface area contributed by atoms with Gasteiger partial charge in [-0.2, -0.15) is 0 Å². The lowest BCUT2D eigenvalue weighted by Crippen LogP contribution is -2.11. The maximum atomic E-state index is 13.0. The second-order valence-corrected chi connectivity index (χ2v) is 3.81. The number of allylic oxidation sites excluding steroid dienone is 1. The van der Waals surface area contributed by atoms with Crippen molar-refractivity contribution < 1.29 is 9.50 Å². The number of unbranched alkanes of at least 4 members (excludes halogenated alkanes) is 2. The monoisotopic (exact) mass is 188 g/mol. The van der Waals surface area contributed by atoms with E-state index in [1.165, 1.54) is 6.08 Å². The van der Waals surface area contributed by atoms with Gasteiger partial charge >= 0.3 is 0 Å². The van der Waals surface area contributed by atoms with Gasteiger partial charge in [0.2, 0.25) is 0 Å². The van der Waals surface area contributed by atoms with Crippen LogP contribution in [0.4, 0.5) is 4.39 Å². The van der Waals surface area contributed by atoms with Gasteiger partial charge in [0.25, 0.3) is 0 Å². The summed E-state index contributed by atoms with van der Waals surface area (Å²) in [5, 5.41) is 9.34. The Balaban J connectivity index is 3.73. The van der Waals surface area contributed by atoms with Crippen LogP contribution in [-0.2, 0) is 0 Å². The van der Waals surface area contributed by atoms with Crippen molar-refractivity contribution in [3.8, 4) is 0 Å². The van der Waals surface area contributed by atoms with Crippen LogP contribution in [0.5, 0.6) is 0 Å². The topological polar surface area (TPSA) is 20.2 Å². The molecule has 0 aliphatic carbocycles. The third kappa shape index (κ3) is 6.76. The molecule has 0 bridgehead atoms. The molecule has 0 saturated carbocycles. The Kier molecular flexibility index (Phi) is 6.87. The fourth-order valence-corrected chi connectivity index (χ4v) is 1.00. The molecule has 1 N–H and O–H groups in total. The molecule has 0 heterocycles. The Labute approximate surface area is 80.7 Å². The summed E-state index contributed by atoms with van der Waals surface area (Å²) in [7, 11) is 0. The first kappa shape index (κ1) is 12.6. The van der Waals surface area contributed by atoms with E-state index in [1.54, 1.807) is 0 Å². The highest BCUT2D eigenvalue weighted by molar-refractivity contribution is 4.97. The molecule has 1 atom stereocenters. The predicted molar refractivity (Wildman–Crippen MR) is 54.2 cm³/mol. The number of aliphatic hydroxyl groups excluding tert-OH is 1. The lowest BCUT2D eigenvalue weighted by atomic mass is 10.1. The van der Waals surface area contributed by atoms with Crippen molar-refractivity contribution in [1.29, 1.82) is 0 Å². The van der Waals surface area contributed by atoms with Crippen LogP contribution in [-0.4, -0.2) is 11.2 Å². The van der Waals surface area contributed by atoms with Gasteiger partial charge in [0.05, 0.1) is 11.9 Å². The van der Waals surface area contributed by atoms with Gasteiger partial charge in [-0.1, -0.05) is 33.6 Å². The molecular formula is C11H21FO. The quantitative estimate of drug-likeness (QED) is 0.633. The van der Waals surface area contributed by atoms with Crippen molar-refractivity contribution in [2.45, 2.75) is 52.6 Å². The lowest BCUT2D eigenvalue weighted by Gasteiger charge is -2.09. The Morgan fingerprint density at radius 2 is 2.00 bits per heavy atom. The summed E-state index contributed by atoms with van der Waals surface area (Å²) in [6.07, 6.45) is 4.20. The summed E-state index contributed by atoms with van der Waals surface area (Å²) < 4.78 is 13.0. The normalized spacial score (nSPS) is 15.1. The molecule has 1 nitrogen and oxygen atoms in total. The van der Waals surface area contributed by atoms with Crippen LogP contribution in [0.1, 0.15) is 46.5 Å². The summed E-state index contributed by atoms with van der Waals surface area (Å²) in [6.45, 7) is 5.84. The average molecular weight is 188 g/mol. The second-order valence-electron chi connectivity index (χ2n) is 3.81. The maximum absolute atomic E-state index is 13.0. The Morgan fingerprint density at radius 3 is 2.46 bits per heavy atom. The Bertz CT molecular complexity index is 152. The minimum atomic E-state index is -0.637. The van der Waals surface area contributed by atoms with Gasteiger partial charge < -0.3 is 5.11 Å². The molecule has 0 amide bonds. The molecule has 0 aliphatic rings. The average Bonchev–Trinajstić information content (AvgIpc) is 2.04. The van der Waals surface area contributed by atoms with Gasteiger partial charge in [-0.05, 0) is 24.8 Å². The second kappa shape index (κ2) is 7.07. The van der Waals surface area contributed by atoms with Crippen molar-refractivity contribution in [3.63, 3.8) is 0 Å². The molecule has 0 rings (SSSR count). The summed E-state index contributed by atoms with van der Waals surface area (Å²) in [6, 6.07) is 0. The summed E-state index contributed by atoms with van der Waals surface area (Å²) in [5.41, 5.74) is 0. The molecule has 0 spiro atoms. The Hall–Kier alpha value is -0.370. The minimum absolute atomic E-state index is 0.0944. The molecule has 78 valence electrons. The Morgan fingerprint density at radius 1 is 1.38 bits per heavy atom. The fourth-order valence-electron chi connectivity index (χ4n) is 1.00. The van der Waals surface area contributed by atoms with E-state index in [9.17, 15) is 9.50 Å². The number of hydrogen-bond acceptors (Lipinski definition) is 1. The lowest BCUT2D eigenvalue weighted by molar-refractivity contribution is 0.169. The van der Waals surface area contributed by atoms with Gasteiger partial charge in [0.15, 0.2) is 0 Å². The van der Waals surface area contributed by atoms with E-state index in [4.69, 9.17) is 0 Å².